The molecular formula is C15H23F2N. The van der Waals surface area contributed by atoms with Gasteiger partial charge in [0.05, 0.1) is 0 Å². The lowest BCUT2D eigenvalue weighted by Crippen LogP contribution is -2.38. The maximum atomic E-state index is 14.0. The van der Waals surface area contributed by atoms with Gasteiger partial charge in [0.15, 0.2) is 0 Å². The van der Waals surface area contributed by atoms with Gasteiger partial charge in [0.2, 0.25) is 0 Å². The lowest BCUT2D eigenvalue weighted by molar-refractivity contribution is -0.0296. The molecule has 0 aromatic heterocycles. The van der Waals surface area contributed by atoms with Crippen molar-refractivity contribution >= 4 is 0 Å². The Labute approximate surface area is 108 Å². The molecule has 0 unspecified atom stereocenters. The van der Waals surface area contributed by atoms with Crippen LogP contribution in [0.3, 0.4) is 0 Å². The molecule has 1 nitrogen and oxygen atoms in total. The van der Waals surface area contributed by atoms with Crippen LogP contribution in [0.1, 0.15) is 52.2 Å². The second kappa shape index (κ2) is 4.61. The molecule has 0 fully saturated rings. The molecule has 0 saturated heterocycles. The van der Waals surface area contributed by atoms with Crippen LogP contribution in [0.4, 0.5) is 8.78 Å². The monoisotopic (exact) mass is 255 g/mol. The van der Waals surface area contributed by atoms with E-state index < -0.39 is 11.5 Å². The summed E-state index contributed by atoms with van der Waals surface area (Å²) in [5, 5.41) is 0. The van der Waals surface area contributed by atoms with Gasteiger partial charge in [0.1, 0.15) is 0 Å². The molecule has 0 heterocycles. The summed E-state index contributed by atoms with van der Waals surface area (Å²) in [6, 6.07) is 6.55. The third kappa shape index (κ3) is 4.05. The first-order valence-electron chi connectivity index (χ1n) is 6.20. The first kappa shape index (κ1) is 15.1. The Kier molecular flexibility index (Phi) is 3.87. The molecule has 0 spiro atoms. The zero-order valence-corrected chi connectivity index (χ0v) is 11.8. The van der Waals surface area contributed by atoms with Gasteiger partial charge in [-0.2, -0.15) is 0 Å². The largest absolute Gasteiger partial charge is 0.325 e. The highest BCUT2D eigenvalue weighted by Gasteiger charge is 2.36. The van der Waals surface area contributed by atoms with Crippen LogP contribution in [0, 0.1) is 0 Å². The number of halogens is 2. The summed E-state index contributed by atoms with van der Waals surface area (Å²) in [4.78, 5) is 0. The van der Waals surface area contributed by atoms with Gasteiger partial charge in [-0.3, -0.25) is 0 Å². The number of alkyl halides is 2. The SMILES string of the molecule is CC(C)(N)CC(F)(F)c1ccc(C(C)(C)C)cc1. The van der Waals surface area contributed by atoms with Crippen molar-refractivity contribution in [3.63, 3.8) is 0 Å². The standard InChI is InChI=1S/C15H23F2N/c1-13(2,3)11-6-8-12(9-7-11)15(16,17)10-14(4,5)18/h6-9H,10,18H2,1-5H3. The van der Waals surface area contributed by atoms with E-state index in [-0.39, 0.29) is 17.4 Å². The number of nitrogens with two attached hydrogens (primary N) is 1. The average Bonchev–Trinajstić information content (AvgIpc) is 2.13. The van der Waals surface area contributed by atoms with E-state index in [0.717, 1.165) is 5.56 Å². The van der Waals surface area contributed by atoms with Crippen LogP contribution in [-0.4, -0.2) is 5.54 Å². The molecule has 1 aromatic carbocycles. The summed E-state index contributed by atoms with van der Waals surface area (Å²) < 4.78 is 28.0. The van der Waals surface area contributed by atoms with Crippen LogP contribution in [-0.2, 0) is 11.3 Å². The lowest BCUT2D eigenvalue weighted by Gasteiger charge is -2.27. The quantitative estimate of drug-likeness (QED) is 0.860. The Bertz CT molecular complexity index is 394. The van der Waals surface area contributed by atoms with E-state index in [1.165, 1.54) is 12.1 Å². The molecule has 0 aliphatic rings. The third-order valence-electron chi connectivity index (χ3n) is 2.85. The van der Waals surface area contributed by atoms with Crippen LogP contribution in [0.2, 0.25) is 0 Å². The van der Waals surface area contributed by atoms with Gasteiger partial charge in [0, 0.05) is 17.5 Å². The molecule has 1 aromatic rings. The first-order chi connectivity index (χ1) is 7.92. The predicted molar refractivity (Wildman–Crippen MR) is 71.9 cm³/mol. The highest BCUT2D eigenvalue weighted by Crippen LogP contribution is 2.36. The van der Waals surface area contributed by atoms with Crippen LogP contribution in [0.25, 0.3) is 0 Å². The summed E-state index contributed by atoms with van der Waals surface area (Å²) in [5.41, 5.74) is 5.85. The fraction of sp³-hybridized carbons (Fsp3) is 0.600. The van der Waals surface area contributed by atoms with Gasteiger partial charge >= 0.3 is 0 Å². The van der Waals surface area contributed by atoms with E-state index in [2.05, 4.69) is 20.8 Å². The van der Waals surface area contributed by atoms with Gasteiger partial charge in [-0.05, 0) is 24.8 Å². The number of benzene rings is 1. The molecule has 0 aliphatic heterocycles. The van der Waals surface area contributed by atoms with E-state index in [4.69, 9.17) is 5.73 Å². The van der Waals surface area contributed by atoms with Crippen LogP contribution in [0.15, 0.2) is 24.3 Å². The van der Waals surface area contributed by atoms with Gasteiger partial charge in [-0.15, -0.1) is 0 Å². The maximum absolute atomic E-state index is 14.0. The maximum Gasteiger partial charge on any atom is 0.274 e. The zero-order valence-electron chi connectivity index (χ0n) is 11.8. The van der Waals surface area contributed by atoms with Crippen LogP contribution >= 0.6 is 0 Å². The molecule has 1 rings (SSSR count). The van der Waals surface area contributed by atoms with Crippen molar-refractivity contribution in [3.05, 3.63) is 35.4 Å². The molecule has 2 N–H and O–H groups in total. The van der Waals surface area contributed by atoms with E-state index in [1.54, 1.807) is 26.0 Å². The summed E-state index contributed by atoms with van der Waals surface area (Å²) in [6.45, 7) is 9.41. The normalized spacial score (nSPS) is 13.8. The Morgan fingerprint density at radius 3 is 1.61 bits per heavy atom. The first-order valence-corrected chi connectivity index (χ1v) is 6.20. The minimum Gasteiger partial charge on any atom is -0.325 e. The fourth-order valence-electron chi connectivity index (χ4n) is 1.89. The summed E-state index contributed by atoms with van der Waals surface area (Å²) in [5.74, 6) is -2.88. The lowest BCUT2D eigenvalue weighted by atomic mass is 9.85. The smallest absolute Gasteiger partial charge is 0.274 e. The minimum atomic E-state index is -2.88. The molecule has 102 valence electrons. The van der Waals surface area contributed by atoms with Crippen molar-refractivity contribution < 1.29 is 8.78 Å². The zero-order chi connectivity index (χ0) is 14.2. The number of hydrogen-bond donors (Lipinski definition) is 1. The Morgan fingerprint density at radius 1 is 0.889 bits per heavy atom. The molecule has 0 bridgehead atoms. The number of rotatable bonds is 3. The Morgan fingerprint density at radius 2 is 1.28 bits per heavy atom. The van der Waals surface area contributed by atoms with Crippen molar-refractivity contribution in [2.75, 3.05) is 0 Å². The molecule has 0 radical (unpaired) electrons. The predicted octanol–water partition coefficient (Wildman–Crippen LogP) is 4.20. The van der Waals surface area contributed by atoms with Gasteiger partial charge in [-0.1, -0.05) is 45.0 Å². The van der Waals surface area contributed by atoms with Crippen molar-refractivity contribution in [3.8, 4) is 0 Å². The molecule has 18 heavy (non-hydrogen) atoms. The van der Waals surface area contributed by atoms with Gasteiger partial charge in [-0.25, -0.2) is 8.78 Å². The highest BCUT2D eigenvalue weighted by molar-refractivity contribution is 5.30. The topological polar surface area (TPSA) is 26.0 Å². The Balaban J connectivity index is 2.98. The molecule has 0 atom stereocenters. The highest BCUT2D eigenvalue weighted by atomic mass is 19.3. The van der Waals surface area contributed by atoms with Crippen molar-refractivity contribution in [2.24, 2.45) is 5.73 Å². The molecule has 0 amide bonds. The average molecular weight is 255 g/mol. The van der Waals surface area contributed by atoms with E-state index in [1.807, 2.05) is 0 Å². The second-order valence-corrected chi connectivity index (χ2v) is 6.70. The molecule has 0 saturated carbocycles. The third-order valence-corrected chi connectivity index (χ3v) is 2.85. The second-order valence-electron chi connectivity index (χ2n) is 6.70. The van der Waals surface area contributed by atoms with Crippen LogP contribution < -0.4 is 5.73 Å². The van der Waals surface area contributed by atoms with E-state index in [0.29, 0.717) is 0 Å². The summed E-state index contributed by atoms with van der Waals surface area (Å²) in [7, 11) is 0. The molecule has 3 heteroatoms. The van der Waals surface area contributed by atoms with Crippen molar-refractivity contribution in [2.45, 2.75) is 57.9 Å². The van der Waals surface area contributed by atoms with E-state index in [9.17, 15) is 8.78 Å². The van der Waals surface area contributed by atoms with Gasteiger partial charge < -0.3 is 5.73 Å². The van der Waals surface area contributed by atoms with Crippen molar-refractivity contribution in [1.82, 2.24) is 0 Å². The molecule has 0 aliphatic carbocycles. The fourth-order valence-corrected chi connectivity index (χ4v) is 1.89. The van der Waals surface area contributed by atoms with Crippen LogP contribution in [0.5, 0.6) is 0 Å². The number of hydrogen-bond acceptors (Lipinski definition) is 1. The summed E-state index contributed by atoms with van der Waals surface area (Å²) in [6.07, 6.45) is -0.352. The summed E-state index contributed by atoms with van der Waals surface area (Å²) >= 11 is 0. The van der Waals surface area contributed by atoms with Crippen molar-refractivity contribution in [1.29, 1.82) is 0 Å². The van der Waals surface area contributed by atoms with Gasteiger partial charge in [0.25, 0.3) is 5.92 Å². The molecular weight excluding hydrogens is 232 g/mol. The minimum absolute atomic E-state index is 0.0268. The Hall–Kier alpha value is -0.960. The van der Waals surface area contributed by atoms with E-state index >= 15 is 0 Å².